The van der Waals surface area contributed by atoms with Crippen molar-refractivity contribution in [2.75, 3.05) is 23.8 Å². The van der Waals surface area contributed by atoms with Crippen LogP contribution in [0.3, 0.4) is 0 Å². The van der Waals surface area contributed by atoms with Crippen LogP contribution >= 0.6 is 0 Å². The molecule has 0 saturated heterocycles. The lowest BCUT2D eigenvalue weighted by Crippen LogP contribution is -2.34. The van der Waals surface area contributed by atoms with Gasteiger partial charge in [0.25, 0.3) is 5.91 Å². The molecule has 0 aliphatic carbocycles. The van der Waals surface area contributed by atoms with Gasteiger partial charge in [0.2, 0.25) is 0 Å². The highest BCUT2D eigenvalue weighted by molar-refractivity contribution is 6.08. The maximum absolute atomic E-state index is 12.7. The summed E-state index contributed by atoms with van der Waals surface area (Å²) in [6.07, 6.45) is 0. The average Bonchev–Trinajstić information content (AvgIpc) is 2.45. The summed E-state index contributed by atoms with van der Waals surface area (Å²) in [6.45, 7) is 3.71. The lowest BCUT2D eigenvalue weighted by Gasteiger charge is -2.24. The van der Waals surface area contributed by atoms with Crippen molar-refractivity contribution in [2.24, 2.45) is 0 Å². The highest BCUT2D eigenvalue weighted by Crippen LogP contribution is 2.24. The quantitative estimate of drug-likeness (QED) is 0.841. The van der Waals surface area contributed by atoms with Crippen molar-refractivity contribution in [3.63, 3.8) is 0 Å². The first-order valence-corrected chi connectivity index (χ1v) is 6.76. The van der Waals surface area contributed by atoms with E-state index >= 15 is 0 Å². The van der Waals surface area contributed by atoms with E-state index in [1.54, 1.807) is 37.3 Å². The zero-order chi connectivity index (χ0) is 15.4. The van der Waals surface area contributed by atoms with E-state index in [-0.39, 0.29) is 19.1 Å². The first-order valence-electron chi connectivity index (χ1n) is 6.76. The highest BCUT2D eigenvalue weighted by atomic mass is 16.3. The molecular formula is C16H19N3O2. The van der Waals surface area contributed by atoms with E-state index < -0.39 is 0 Å². The van der Waals surface area contributed by atoms with Crippen LogP contribution in [-0.4, -0.2) is 29.1 Å². The van der Waals surface area contributed by atoms with Crippen molar-refractivity contribution in [1.82, 2.24) is 4.98 Å². The summed E-state index contributed by atoms with van der Waals surface area (Å²) in [5.41, 5.74) is 9.06. The number of aryl methyl sites for hydroxylation is 2. The molecule has 1 amide bonds. The summed E-state index contributed by atoms with van der Waals surface area (Å²) in [4.78, 5) is 18.5. The maximum atomic E-state index is 12.7. The van der Waals surface area contributed by atoms with Gasteiger partial charge in [0.15, 0.2) is 0 Å². The van der Waals surface area contributed by atoms with Gasteiger partial charge in [-0.1, -0.05) is 12.1 Å². The van der Waals surface area contributed by atoms with Gasteiger partial charge in [0, 0.05) is 12.2 Å². The third-order valence-corrected chi connectivity index (χ3v) is 3.25. The number of amides is 1. The predicted molar refractivity (Wildman–Crippen MR) is 83.3 cm³/mol. The molecule has 0 spiro atoms. The molecule has 1 aromatic carbocycles. The molecule has 0 fully saturated rings. The van der Waals surface area contributed by atoms with E-state index in [2.05, 4.69) is 4.98 Å². The number of benzene rings is 1. The Labute approximate surface area is 124 Å². The van der Waals surface area contributed by atoms with Crippen molar-refractivity contribution >= 4 is 17.3 Å². The van der Waals surface area contributed by atoms with Gasteiger partial charge in [-0.15, -0.1) is 0 Å². The third-order valence-electron chi connectivity index (χ3n) is 3.25. The smallest absolute Gasteiger partial charge is 0.260 e. The molecule has 1 aromatic heterocycles. The first kappa shape index (κ1) is 15.0. The number of aliphatic hydroxyl groups is 1. The van der Waals surface area contributed by atoms with Gasteiger partial charge in [-0.05, 0) is 38.1 Å². The van der Waals surface area contributed by atoms with Crippen LogP contribution in [0.25, 0.3) is 0 Å². The monoisotopic (exact) mass is 285 g/mol. The number of nitrogens with zero attached hydrogens (tertiary/aromatic N) is 2. The van der Waals surface area contributed by atoms with Crippen LogP contribution in [0.5, 0.6) is 0 Å². The third kappa shape index (κ3) is 3.20. The minimum Gasteiger partial charge on any atom is -0.397 e. The largest absolute Gasteiger partial charge is 0.397 e. The number of nitrogens with two attached hydrogens (primary N) is 1. The van der Waals surface area contributed by atoms with E-state index in [1.807, 2.05) is 13.0 Å². The molecule has 2 aromatic rings. The van der Waals surface area contributed by atoms with Crippen molar-refractivity contribution in [1.29, 1.82) is 0 Å². The zero-order valence-corrected chi connectivity index (χ0v) is 12.2. The van der Waals surface area contributed by atoms with E-state index in [0.717, 1.165) is 5.69 Å². The summed E-state index contributed by atoms with van der Waals surface area (Å²) in [5.74, 6) is -0.216. The van der Waals surface area contributed by atoms with Gasteiger partial charge < -0.3 is 15.7 Å². The van der Waals surface area contributed by atoms with Crippen LogP contribution in [0.2, 0.25) is 0 Å². The Morgan fingerprint density at radius 3 is 2.57 bits per heavy atom. The predicted octanol–water partition coefficient (Wildman–Crippen LogP) is 1.92. The molecule has 0 aliphatic rings. The summed E-state index contributed by atoms with van der Waals surface area (Å²) >= 11 is 0. The number of para-hydroxylation sites is 2. The fourth-order valence-corrected chi connectivity index (χ4v) is 2.22. The second-order valence-electron chi connectivity index (χ2n) is 4.82. The van der Waals surface area contributed by atoms with Crippen LogP contribution < -0.4 is 10.6 Å². The topological polar surface area (TPSA) is 79.5 Å². The molecule has 0 saturated carbocycles. The Kier molecular flexibility index (Phi) is 4.55. The Balaban J connectivity index is 2.43. The van der Waals surface area contributed by atoms with Gasteiger partial charge in [0.1, 0.15) is 0 Å². The van der Waals surface area contributed by atoms with E-state index in [1.165, 1.54) is 4.90 Å². The first-order chi connectivity index (χ1) is 10.0. The van der Waals surface area contributed by atoms with Crippen molar-refractivity contribution < 1.29 is 9.90 Å². The molecule has 0 unspecified atom stereocenters. The van der Waals surface area contributed by atoms with Crippen LogP contribution in [0.1, 0.15) is 21.7 Å². The number of rotatable bonds is 4. The summed E-state index contributed by atoms with van der Waals surface area (Å²) in [5, 5.41) is 9.25. The maximum Gasteiger partial charge on any atom is 0.260 e. The molecule has 0 bridgehead atoms. The Bertz CT molecular complexity index is 656. The van der Waals surface area contributed by atoms with Crippen molar-refractivity contribution in [3.05, 3.63) is 53.3 Å². The number of hydrogen-bond donors (Lipinski definition) is 2. The lowest BCUT2D eigenvalue weighted by atomic mass is 10.1. The summed E-state index contributed by atoms with van der Waals surface area (Å²) < 4.78 is 0. The van der Waals surface area contributed by atoms with E-state index in [4.69, 9.17) is 5.73 Å². The van der Waals surface area contributed by atoms with Gasteiger partial charge in [-0.2, -0.15) is 0 Å². The van der Waals surface area contributed by atoms with Gasteiger partial charge in [0.05, 0.1) is 29.2 Å². The minimum atomic E-state index is -0.216. The minimum absolute atomic E-state index is 0.140. The Hall–Kier alpha value is -2.40. The van der Waals surface area contributed by atoms with E-state index in [9.17, 15) is 9.90 Å². The molecule has 21 heavy (non-hydrogen) atoms. The van der Waals surface area contributed by atoms with Gasteiger partial charge >= 0.3 is 0 Å². The number of anilines is 2. The van der Waals surface area contributed by atoms with E-state index in [0.29, 0.717) is 22.6 Å². The second kappa shape index (κ2) is 6.37. The molecule has 2 rings (SSSR count). The molecular weight excluding hydrogens is 266 g/mol. The van der Waals surface area contributed by atoms with Crippen molar-refractivity contribution in [3.8, 4) is 0 Å². The van der Waals surface area contributed by atoms with Gasteiger partial charge in [-0.3, -0.25) is 9.78 Å². The van der Waals surface area contributed by atoms with Crippen LogP contribution in [0.4, 0.5) is 11.4 Å². The number of aliphatic hydroxyl groups excluding tert-OH is 1. The Morgan fingerprint density at radius 2 is 1.95 bits per heavy atom. The number of pyridine rings is 1. The number of nitrogen functional groups attached to an aromatic ring is 1. The lowest BCUT2D eigenvalue weighted by molar-refractivity contribution is 0.0980. The molecule has 110 valence electrons. The molecule has 0 aliphatic heterocycles. The average molecular weight is 285 g/mol. The Morgan fingerprint density at radius 1 is 1.24 bits per heavy atom. The molecule has 0 radical (unpaired) electrons. The molecule has 1 heterocycles. The van der Waals surface area contributed by atoms with Crippen LogP contribution in [0.15, 0.2) is 36.4 Å². The van der Waals surface area contributed by atoms with Crippen molar-refractivity contribution in [2.45, 2.75) is 13.8 Å². The highest BCUT2D eigenvalue weighted by Gasteiger charge is 2.21. The number of hydrogen-bond acceptors (Lipinski definition) is 4. The molecule has 5 nitrogen and oxygen atoms in total. The molecule has 0 atom stereocenters. The molecule has 5 heteroatoms. The zero-order valence-electron chi connectivity index (χ0n) is 12.2. The van der Waals surface area contributed by atoms with Crippen LogP contribution in [0, 0.1) is 13.8 Å². The number of carbonyl (C=O) groups excluding carboxylic acids is 1. The SMILES string of the molecule is Cc1ccc(C(=O)N(CCO)c2ccccc2N)c(C)n1. The number of carbonyl (C=O) groups is 1. The number of aromatic nitrogens is 1. The standard InChI is InChI=1S/C16H19N3O2/c1-11-7-8-13(12(2)18-11)16(21)19(9-10-20)15-6-4-3-5-14(15)17/h3-8,20H,9-10,17H2,1-2H3. The van der Waals surface area contributed by atoms with Gasteiger partial charge in [-0.25, -0.2) is 0 Å². The fraction of sp³-hybridized carbons (Fsp3) is 0.250. The molecule has 3 N–H and O–H groups in total. The second-order valence-corrected chi connectivity index (χ2v) is 4.82. The fourth-order valence-electron chi connectivity index (χ4n) is 2.22. The summed E-state index contributed by atoms with van der Waals surface area (Å²) in [6, 6.07) is 10.7. The van der Waals surface area contributed by atoms with Crippen LogP contribution in [-0.2, 0) is 0 Å². The normalized spacial score (nSPS) is 10.4. The summed E-state index contributed by atoms with van der Waals surface area (Å²) in [7, 11) is 0.